The summed E-state index contributed by atoms with van der Waals surface area (Å²) in [6.45, 7) is 1.91. The second-order valence-electron chi connectivity index (χ2n) is 5.16. The number of nitro benzene ring substituents is 1. The number of carbonyl (C=O) groups excluding carboxylic acids is 2. The summed E-state index contributed by atoms with van der Waals surface area (Å²) in [4.78, 5) is 36.5. The summed E-state index contributed by atoms with van der Waals surface area (Å²) in [6.07, 6.45) is 6.10. The van der Waals surface area contributed by atoms with Gasteiger partial charge < -0.3 is 19.1 Å². The Kier molecular flexibility index (Phi) is 6.32. The van der Waals surface area contributed by atoms with Crippen molar-refractivity contribution in [1.82, 2.24) is 0 Å². The minimum absolute atomic E-state index is 0.0225. The van der Waals surface area contributed by atoms with E-state index in [2.05, 4.69) is 0 Å². The molecular formula is C18H18N2O7. The van der Waals surface area contributed by atoms with Gasteiger partial charge in [0.05, 0.1) is 31.3 Å². The number of hydrogen-bond acceptors (Lipinski definition) is 8. The molecule has 0 bridgehead atoms. The maximum atomic E-state index is 12.4. The van der Waals surface area contributed by atoms with Gasteiger partial charge in [-0.15, -0.1) is 0 Å². The molecule has 142 valence electrons. The highest BCUT2D eigenvalue weighted by Crippen LogP contribution is 2.34. The van der Waals surface area contributed by atoms with Gasteiger partial charge in [-0.25, -0.2) is 9.59 Å². The Labute approximate surface area is 155 Å². The Morgan fingerprint density at radius 1 is 1.15 bits per heavy atom. The lowest BCUT2D eigenvalue weighted by atomic mass is 10.1. The first kappa shape index (κ1) is 19.7. The van der Waals surface area contributed by atoms with Gasteiger partial charge in [0.2, 0.25) is 0 Å². The third kappa shape index (κ3) is 4.14. The highest BCUT2D eigenvalue weighted by atomic mass is 16.6. The smallest absolute Gasteiger partial charge is 0.355 e. The van der Waals surface area contributed by atoms with E-state index in [1.165, 1.54) is 49.6 Å². The van der Waals surface area contributed by atoms with Gasteiger partial charge in [0, 0.05) is 24.0 Å². The number of carbonyl (C=O) groups is 2. The summed E-state index contributed by atoms with van der Waals surface area (Å²) in [6, 6.07) is 4.11. The van der Waals surface area contributed by atoms with Crippen molar-refractivity contribution in [2.24, 2.45) is 0 Å². The summed E-state index contributed by atoms with van der Waals surface area (Å²) in [5.41, 5.74) is 0.0384. The summed E-state index contributed by atoms with van der Waals surface area (Å²) < 4.78 is 14.9. The van der Waals surface area contributed by atoms with E-state index < -0.39 is 16.9 Å². The van der Waals surface area contributed by atoms with Gasteiger partial charge in [0.1, 0.15) is 5.70 Å². The molecule has 1 heterocycles. The largest absolute Gasteiger partial charge is 0.487 e. The first-order valence-corrected chi connectivity index (χ1v) is 7.90. The molecule has 0 aliphatic carbocycles. The predicted octanol–water partition coefficient (Wildman–Crippen LogP) is 2.48. The van der Waals surface area contributed by atoms with Crippen LogP contribution in [0.4, 0.5) is 11.4 Å². The van der Waals surface area contributed by atoms with E-state index in [1.807, 2.05) is 0 Å². The fraction of sp³-hybridized carbons (Fsp3) is 0.222. The van der Waals surface area contributed by atoms with Crippen LogP contribution in [0.5, 0.6) is 5.75 Å². The monoisotopic (exact) mass is 374 g/mol. The molecule has 1 aliphatic rings. The fourth-order valence-corrected chi connectivity index (χ4v) is 2.44. The lowest BCUT2D eigenvalue weighted by Gasteiger charge is -2.23. The fourth-order valence-electron chi connectivity index (χ4n) is 2.44. The van der Waals surface area contributed by atoms with E-state index in [-0.39, 0.29) is 29.3 Å². The average Bonchev–Trinajstić information content (AvgIpc) is 2.89. The van der Waals surface area contributed by atoms with Gasteiger partial charge in [-0.3, -0.25) is 10.1 Å². The number of allylic oxidation sites excluding steroid dienone is 2. The molecule has 9 nitrogen and oxygen atoms in total. The number of benzene rings is 1. The SMILES string of the molecule is CCOc1cc(N2C=CC=CC(C(=O)OC)=C2C(=O)OC)ccc1[N+](=O)[O-]. The number of rotatable bonds is 6. The normalized spacial score (nSPS) is 13.2. The first-order chi connectivity index (χ1) is 12.9. The molecule has 0 aromatic heterocycles. The van der Waals surface area contributed by atoms with E-state index in [9.17, 15) is 19.7 Å². The van der Waals surface area contributed by atoms with Crippen LogP contribution in [0.15, 0.2) is 53.9 Å². The van der Waals surface area contributed by atoms with Gasteiger partial charge >= 0.3 is 17.6 Å². The van der Waals surface area contributed by atoms with Gasteiger partial charge in [-0.2, -0.15) is 0 Å². The molecule has 9 heteroatoms. The van der Waals surface area contributed by atoms with Crippen LogP contribution < -0.4 is 9.64 Å². The molecule has 0 amide bonds. The molecule has 0 spiro atoms. The number of anilines is 1. The van der Waals surface area contributed by atoms with Crippen LogP contribution >= 0.6 is 0 Å². The maximum Gasteiger partial charge on any atom is 0.355 e. The zero-order valence-corrected chi connectivity index (χ0v) is 15.0. The molecule has 0 saturated heterocycles. The number of nitro groups is 1. The van der Waals surface area contributed by atoms with Crippen LogP contribution in [0.1, 0.15) is 6.92 Å². The highest BCUT2D eigenvalue weighted by molar-refractivity contribution is 6.05. The standard InChI is InChI=1S/C18H18N2O7/c1-4-27-15-11-12(8-9-14(15)20(23)24)19-10-6-5-7-13(17(21)25-2)16(19)18(22)26-3/h5-11H,4H2,1-3H3. The molecule has 0 unspecified atom stereocenters. The molecule has 27 heavy (non-hydrogen) atoms. The molecule has 0 N–H and O–H groups in total. The maximum absolute atomic E-state index is 12.4. The van der Waals surface area contributed by atoms with E-state index in [0.717, 1.165) is 0 Å². The van der Waals surface area contributed by atoms with E-state index >= 15 is 0 Å². The Morgan fingerprint density at radius 2 is 1.85 bits per heavy atom. The average molecular weight is 374 g/mol. The van der Waals surface area contributed by atoms with Crippen LogP contribution in [0, 0.1) is 10.1 Å². The summed E-state index contributed by atoms with van der Waals surface area (Å²) >= 11 is 0. The summed E-state index contributed by atoms with van der Waals surface area (Å²) in [7, 11) is 2.38. The van der Waals surface area contributed by atoms with Crippen molar-refractivity contribution in [1.29, 1.82) is 0 Å². The van der Waals surface area contributed by atoms with Gasteiger partial charge in [0.15, 0.2) is 5.75 Å². The Morgan fingerprint density at radius 3 is 2.44 bits per heavy atom. The third-order valence-electron chi connectivity index (χ3n) is 3.61. The van der Waals surface area contributed by atoms with Crippen molar-refractivity contribution in [3.05, 3.63) is 64.0 Å². The minimum atomic E-state index is -0.775. The molecule has 2 rings (SSSR count). The Balaban J connectivity index is 2.66. The predicted molar refractivity (Wildman–Crippen MR) is 96.1 cm³/mol. The molecule has 1 aliphatic heterocycles. The quantitative estimate of drug-likeness (QED) is 0.424. The van der Waals surface area contributed by atoms with E-state index in [0.29, 0.717) is 5.69 Å². The topological polar surface area (TPSA) is 108 Å². The van der Waals surface area contributed by atoms with Crippen molar-refractivity contribution in [3.63, 3.8) is 0 Å². The van der Waals surface area contributed by atoms with Crippen molar-refractivity contribution >= 4 is 23.3 Å². The molecule has 1 aromatic carbocycles. The zero-order chi connectivity index (χ0) is 20.0. The number of ether oxygens (including phenoxy) is 3. The number of hydrogen-bond donors (Lipinski definition) is 0. The second kappa shape index (κ2) is 8.65. The number of esters is 2. The lowest BCUT2D eigenvalue weighted by Crippen LogP contribution is -2.27. The first-order valence-electron chi connectivity index (χ1n) is 7.90. The zero-order valence-electron chi connectivity index (χ0n) is 15.0. The van der Waals surface area contributed by atoms with Crippen LogP contribution in [0.2, 0.25) is 0 Å². The molecule has 0 saturated carbocycles. The molecule has 1 aromatic rings. The van der Waals surface area contributed by atoms with Crippen molar-refractivity contribution in [2.75, 3.05) is 25.7 Å². The van der Waals surface area contributed by atoms with Crippen LogP contribution in [0.3, 0.4) is 0 Å². The van der Waals surface area contributed by atoms with Crippen LogP contribution in [-0.2, 0) is 19.1 Å². The Hall–Kier alpha value is -3.62. The van der Waals surface area contributed by atoms with E-state index in [4.69, 9.17) is 14.2 Å². The van der Waals surface area contributed by atoms with Crippen molar-refractivity contribution < 1.29 is 28.7 Å². The van der Waals surface area contributed by atoms with Crippen molar-refractivity contribution in [3.8, 4) is 5.75 Å². The lowest BCUT2D eigenvalue weighted by molar-refractivity contribution is -0.385. The van der Waals surface area contributed by atoms with Gasteiger partial charge in [-0.1, -0.05) is 6.08 Å². The van der Waals surface area contributed by atoms with Crippen LogP contribution in [-0.4, -0.2) is 37.7 Å². The minimum Gasteiger partial charge on any atom is -0.487 e. The highest BCUT2D eigenvalue weighted by Gasteiger charge is 2.28. The number of methoxy groups -OCH3 is 2. The molecule has 0 fully saturated rings. The summed E-state index contributed by atoms with van der Waals surface area (Å²) in [5.74, 6) is -1.47. The summed E-state index contributed by atoms with van der Waals surface area (Å²) in [5, 5.41) is 11.2. The molecular weight excluding hydrogens is 356 g/mol. The van der Waals surface area contributed by atoms with Crippen LogP contribution in [0.25, 0.3) is 0 Å². The van der Waals surface area contributed by atoms with Crippen molar-refractivity contribution in [2.45, 2.75) is 6.92 Å². The van der Waals surface area contributed by atoms with Gasteiger partial charge in [-0.05, 0) is 25.1 Å². The molecule has 0 atom stereocenters. The third-order valence-corrected chi connectivity index (χ3v) is 3.61. The number of nitrogens with zero attached hydrogens (tertiary/aromatic N) is 2. The second-order valence-corrected chi connectivity index (χ2v) is 5.16. The van der Waals surface area contributed by atoms with Gasteiger partial charge in [0.25, 0.3) is 0 Å². The molecule has 0 radical (unpaired) electrons. The van der Waals surface area contributed by atoms with E-state index in [1.54, 1.807) is 19.1 Å². The Bertz CT molecular complexity index is 855.